The maximum absolute atomic E-state index is 13.8. The lowest BCUT2D eigenvalue weighted by atomic mass is 9.71. The van der Waals surface area contributed by atoms with E-state index in [0.29, 0.717) is 18.4 Å². The van der Waals surface area contributed by atoms with Crippen LogP contribution in [0.25, 0.3) is 0 Å². The Kier molecular flexibility index (Phi) is 3.39. The molecule has 3 nitrogen and oxygen atoms in total. The third-order valence-corrected chi connectivity index (χ3v) is 3.73. The van der Waals surface area contributed by atoms with Crippen molar-refractivity contribution in [2.45, 2.75) is 44.8 Å². The van der Waals surface area contributed by atoms with Crippen LogP contribution in [0.2, 0.25) is 0 Å². The first-order valence-electron chi connectivity index (χ1n) is 6.51. The van der Waals surface area contributed by atoms with Crippen molar-refractivity contribution in [2.24, 2.45) is 5.92 Å². The number of amides is 1. The van der Waals surface area contributed by atoms with E-state index in [4.69, 9.17) is 0 Å². The van der Waals surface area contributed by atoms with Gasteiger partial charge in [-0.3, -0.25) is 4.79 Å². The van der Waals surface area contributed by atoms with Gasteiger partial charge in [-0.05, 0) is 39.7 Å². The van der Waals surface area contributed by atoms with Gasteiger partial charge in [0.15, 0.2) is 0 Å². The van der Waals surface area contributed by atoms with E-state index in [-0.39, 0.29) is 17.6 Å². The average molecular weight is 265 g/mol. The van der Waals surface area contributed by atoms with Crippen LogP contribution < -0.4 is 5.32 Å². The van der Waals surface area contributed by atoms with Gasteiger partial charge < -0.3 is 10.4 Å². The van der Waals surface area contributed by atoms with Crippen LogP contribution in [0.4, 0.5) is 4.39 Å². The molecule has 0 atom stereocenters. The number of hydrogen-bond donors (Lipinski definition) is 2. The third kappa shape index (κ3) is 2.95. The highest BCUT2D eigenvalue weighted by Gasteiger charge is 2.43. The van der Waals surface area contributed by atoms with E-state index in [1.54, 1.807) is 39.0 Å². The van der Waals surface area contributed by atoms with Gasteiger partial charge in [0.2, 0.25) is 5.91 Å². The van der Waals surface area contributed by atoms with Crippen LogP contribution in [0.15, 0.2) is 24.3 Å². The molecule has 0 spiro atoms. The number of benzene rings is 1. The van der Waals surface area contributed by atoms with Crippen LogP contribution in [0.3, 0.4) is 0 Å². The molecular formula is C15H20FNO2. The maximum atomic E-state index is 13.8. The van der Waals surface area contributed by atoms with Gasteiger partial charge in [-0.1, -0.05) is 18.2 Å². The normalized spacial score (nSPS) is 26.7. The predicted octanol–water partition coefficient (Wildman–Crippen LogP) is 2.34. The molecule has 1 aromatic carbocycles. The van der Waals surface area contributed by atoms with Crippen molar-refractivity contribution >= 4 is 5.91 Å². The number of nitrogens with one attached hydrogen (secondary N) is 1. The fraction of sp³-hybridized carbons (Fsp3) is 0.533. The van der Waals surface area contributed by atoms with E-state index in [1.165, 1.54) is 6.07 Å². The SMILES string of the molecule is CC1(O)CC(C(=O)NC(C)(C)c2ccccc2F)C1. The summed E-state index contributed by atoms with van der Waals surface area (Å²) >= 11 is 0. The fourth-order valence-electron chi connectivity index (χ4n) is 2.63. The molecule has 1 fully saturated rings. The summed E-state index contributed by atoms with van der Waals surface area (Å²) in [6.45, 7) is 5.28. The van der Waals surface area contributed by atoms with E-state index >= 15 is 0 Å². The summed E-state index contributed by atoms with van der Waals surface area (Å²) in [4.78, 5) is 12.1. The van der Waals surface area contributed by atoms with Crippen molar-refractivity contribution in [3.05, 3.63) is 35.6 Å². The minimum absolute atomic E-state index is 0.125. The van der Waals surface area contributed by atoms with Crippen LogP contribution in [0.1, 0.15) is 39.2 Å². The number of halogens is 1. The average Bonchev–Trinajstić information content (AvgIpc) is 2.25. The molecule has 19 heavy (non-hydrogen) atoms. The number of rotatable bonds is 3. The summed E-state index contributed by atoms with van der Waals surface area (Å²) in [5, 5.41) is 12.5. The lowest BCUT2D eigenvalue weighted by Crippen LogP contribution is -2.52. The molecule has 1 saturated carbocycles. The summed E-state index contributed by atoms with van der Waals surface area (Å²) in [5.41, 5.74) is -1.02. The summed E-state index contributed by atoms with van der Waals surface area (Å²) < 4.78 is 13.8. The van der Waals surface area contributed by atoms with Crippen LogP contribution in [0, 0.1) is 11.7 Å². The molecule has 2 rings (SSSR count). The highest BCUT2D eigenvalue weighted by molar-refractivity contribution is 5.80. The lowest BCUT2D eigenvalue weighted by molar-refractivity contribution is -0.140. The smallest absolute Gasteiger partial charge is 0.224 e. The van der Waals surface area contributed by atoms with Crippen molar-refractivity contribution in [3.63, 3.8) is 0 Å². The summed E-state index contributed by atoms with van der Waals surface area (Å²) in [7, 11) is 0. The van der Waals surface area contributed by atoms with Gasteiger partial charge in [-0.2, -0.15) is 0 Å². The molecule has 0 aromatic heterocycles. The van der Waals surface area contributed by atoms with Crippen molar-refractivity contribution in [1.82, 2.24) is 5.32 Å². The zero-order valence-electron chi connectivity index (χ0n) is 11.5. The Bertz CT molecular complexity index is 489. The van der Waals surface area contributed by atoms with E-state index < -0.39 is 11.1 Å². The standard InChI is InChI=1S/C15H20FNO2/c1-14(2,11-6-4-5-7-12(11)16)17-13(18)10-8-15(3,19)9-10/h4-7,10,19H,8-9H2,1-3H3,(H,17,18). The second kappa shape index (κ2) is 4.60. The number of hydrogen-bond acceptors (Lipinski definition) is 2. The van der Waals surface area contributed by atoms with Crippen molar-refractivity contribution in [3.8, 4) is 0 Å². The largest absolute Gasteiger partial charge is 0.390 e. The molecule has 2 N–H and O–H groups in total. The molecule has 1 aliphatic carbocycles. The zero-order valence-corrected chi connectivity index (χ0v) is 11.5. The van der Waals surface area contributed by atoms with Crippen LogP contribution >= 0.6 is 0 Å². The van der Waals surface area contributed by atoms with Crippen molar-refractivity contribution < 1.29 is 14.3 Å². The molecule has 104 valence electrons. The molecule has 0 unspecified atom stereocenters. The zero-order chi connectivity index (χ0) is 14.3. The Morgan fingerprint density at radius 2 is 2.00 bits per heavy atom. The summed E-state index contributed by atoms with van der Waals surface area (Å²) in [5.74, 6) is -0.630. The van der Waals surface area contributed by atoms with Crippen molar-refractivity contribution in [1.29, 1.82) is 0 Å². The Morgan fingerprint density at radius 3 is 2.53 bits per heavy atom. The van der Waals surface area contributed by atoms with Gasteiger partial charge >= 0.3 is 0 Å². The molecule has 1 amide bonds. The quantitative estimate of drug-likeness (QED) is 0.881. The first-order valence-corrected chi connectivity index (χ1v) is 6.51. The Morgan fingerprint density at radius 1 is 1.42 bits per heavy atom. The Labute approximate surface area is 112 Å². The summed E-state index contributed by atoms with van der Waals surface area (Å²) in [6.07, 6.45) is 0.929. The first kappa shape index (κ1) is 14.0. The summed E-state index contributed by atoms with van der Waals surface area (Å²) in [6, 6.07) is 6.43. The number of carbonyl (C=O) groups is 1. The fourth-order valence-corrected chi connectivity index (χ4v) is 2.63. The van der Waals surface area contributed by atoms with E-state index in [2.05, 4.69) is 5.32 Å². The van der Waals surface area contributed by atoms with Crippen molar-refractivity contribution in [2.75, 3.05) is 0 Å². The molecule has 0 saturated heterocycles. The third-order valence-electron chi connectivity index (χ3n) is 3.73. The van der Waals surface area contributed by atoms with Gasteiger partial charge in [0.25, 0.3) is 0 Å². The van der Waals surface area contributed by atoms with Gasteiger partial charge in [0, 0.05) is 11.5 Å². The second-order valence-electron chi connectivity index (χ2n) is 6.20. The molecule has 0 bridgehead atoms. The number of carbonyl (C=O) groups excluding carboxylic acids is 1. The Hall–Kier alpha value is -1.42. The number of aliphatic hydroxyl groups is 1. The molecule has 0 radical (unpaired) electrons. The van der Waals surface area contributed by atoms with E-state index in [0.717, 1.165) is 0 Å². The molecular weight excluding hydrogens is 245 g/mol. The van der Waals surface area contributed by atoms with Gasteiger partial charge in [0.1, 0.15) is 5.82 Å². The highest BCUT2D eigenvalue weighted by Crippen LogP contribution is 2.38. The molecule has 1 aromatic rings. The van der Waals surface area contributed by atoms with Crippen LogP contribution in [-0.4, -0.2) is 16.6 Å². The Balaban J connectivity index is 2.06. The minimum atomic E-state index is -0.760. The molecule has 4 heteroatoms. The maximum Gasteiger partial charge on any atom is 0.224 e. The predicted molar refractivity (Wildman–Crippen MR) is 70.9 cm³/mol. The highest BCUT2D eigenvalue weighted by atomic mass is 19.1. The van der Waals surface area contributed by atoms with Gasteiger partial charge in [-0.25, -0.2) is 4.39 Å². The van der Waals surface area contributed by atoms with Gasteiger partial charge in [0.05, 0.1) is 11.1 Å². The van der Waals surface area contributed by atoms with Gasteiger partial charge in [-0.15, -0.1) is 0 Å². The molecule has 1 aliphatic rings. The van der Waals surface area contributed by atoms with E-state index in [1.807, 2.05) is 0 Å². The monoisotopic (exact) mass is 265 g/mol. The molecule has 0 heterocycles. The second-order valence-corrected chi connectivity index (χ2v) is 6.20. The van der Waals surface area contributed by atoms with Crippen LogP contribution in [-0.2, 0) is 10.3 Å². The molecule has 0 aliphatic heterocycles. The van der Waals surface area contributed by atoms with Crippen LogP contribution in [0.5, 0.6) is 0 Å². The topological polar surface area (TPSA) is 49.3 Å². The van der Waals surface area contributed by atoms with E-state index in [9.17, 15) is 14.3 Å². The first-order chi connectivity index (χ1) is 8.71. The lowest BCUT2D eigenvalue weighted by Gasteiger charge is -2.41. The minimum Gasteiger partial charge on any atom is -0.390 e.